The molecule has 3 rings (SSSR count). The van der Waals surface area contributed by atoms with Crippen LogP contribution < -0.4 is 5.32 Å². The fourth-order valence-corrected chi connectivity index (χ4v) is 2.63. The Hall–Kier alpha value is -1.85. The summed E-state index contributed by atoms with van der Waals surface area (Å²) < 4.78 is 5.12. The Bertz CT molecular complexity index is 506. The summed E-state index contributed by atoms with van der Waals surface area (Å²) in [5.74, 6) is -0.507. The van der Waals surface area contributed by atoms with Crippen molar-refractivity contribution in [3.8, 4) is 0 Å². The molecule has 0 saturated heterocycles. The summed E-state index contributed by atoms with van der Waals surface area (Å²) in [6.45, 7) is 0. The normalized spacial score (nSPS) is 26.3. The predicted octanol–water partition coefficient (Wildman–Crippen LogP) is 1.54. The first kappa shape index (κ1) is 12.2. The van der Waals surface area contributed by atoms with Crippen molar-refractivity contribution in [2.75, 3.05) is 0 Å². The molecule has 102 valence electrons. The quantitative estimate of drug-likeness (QED) is 0.860. The van der Waals surface area contributed by atoms with E-state index < -0.39 is 11.9 Å². The highest BCUT2D eigenvalue weighted by Gasteiger charge is 2.35. The van der Waals surface area contributed by atoms with Crippen molar-refractivity contribution in [3.05, 3.63) is 17.5 Å². The fraction of sp³-hybridized carbons (Fsp3) is 0.615. The van der Waals surface area contributed by atoms with Crippen LogP contribution in [0.3, 0.4) is 0 Å². The van der Waals surface area contributed by atoms with Gasteiger partial charge in [0.2, 0.25) is 0 Å². The van der Waals surface area contributed by atoms with Crippen LogP contribution in [-0.4, -0.2) is 28.2 Å². The molecule has 1 aromatic heterocycles. The van der Waals surface area contributed by atoms with E-state index in [0.29, 0.717) is 18.8 Å². The zero-order valence-corrected chi connectivity index (χ0v) is 10.5. The van der Waals surface area contributed by atoms with Gasteiger partial charge in [-0.2, -0.15) is 0 Å². The molecule has 0 bridgehead atoms. The summed E-state index contributed by atoms with van der Waals surface area (Å²) in [5, 5.41) is 15.6. The van der Waals surface area contributed by atoms with Gasteiger partial charge in [-0.25, -0.2) is 0 Å². The number of hydrogen-bond donors (Lipinski definition) is 2. The molecule has 6 heteroatoms. The minimum absolute atomic E-state index is 0.248. The summed E-state index contributed by atoms with van der Waals surface area (Å²) in [6.07, 6.45) is 4.32. The van der Waals surface area contributed by atoms with Gasteiger partial charge in [0.25, 0.3) is 5.91 Å². The molecule has 1 amide bonds. The van der Waals surface area contributed by atoms with Gasteiger partial charge < -0.3 is 14.9 Å². The standard InChI is InChI=1S/C13H16N2O4/c16-12(10-6-11(19-15-10)7-4-5-7)14-9-3-1-2-8(9)13(17)18/h6-9H,1-5H2,(H,14,16)(H,17,18)/t8-,9+/m1/s1. The van der Waals surface area contributed by atoms with Crippen molar-refractivity contribution in [2.24, 2.45) is 5.92 Å². The Morgan fingerprint density at radius 2 is 2.11 bits per heavy atom. The van der Waals surface area contributed by atoms with E-state index >= 15 is 0 Å². The van der Waals surface area contributed by atoms with Crippen LogP contribution in [0.4, 0.5) is 0 Å². The van der Waals surface area contributed by atoms with Crippen LogP contribution in [0.5, 0.6) is 0 Å². The molecule has 2 aliphatic rings. The van der Waals surface area contributed by atoms with Gasteiger partial charge in [-0.05, 0) is 25.7 Å². The largest absolute Gasteiger partial charge is 0.481 e. The van der Waals surface area contributed by atoms with Crippen molar-refractivity contribution >= 4 is 11.9 Å². The molecule has 2 saturated carbocycles. The fourth-order valence-electron chi connectivity index (χ4n) is 2.63. The van der Waals surface area contributed by atoms with Crippen molar-refractivity contribution in [1.29, 1.82) is 0 Å². The number of carboxylic acid groups (broad SMARTS) is 1. The number of amides is 1. The number of carbonyl (C=O) groups is 2. The molecule has 2 atom stereocenters. The van der Waals surface area contributed by atoms with Crippen LogP contribution in [0.15, 0.2) is 10.6 Å². The van der Waals surface area contributed by atoms with E-state index in [2.05, 4.69) is 10.5 Å². The minimum Gasteiger partial charge on any atom is -0.481 e. The van der Waals surface area contributed by atoms with Crippen LogP contribution in [0, 0.1) is 5.92 Å². The summed E-state index contributed by atoms with van der Waals surface area (Å²) in [7, 11) is 0. The Labute approximate surface area is 110 Å². The molecule has 1 heterocycles. The van der Waals surface area contributed by atoms with Crippen LogP contribution in [0.25, 0.3) is 0 Å². The highest BCUT2D eigenvalue weighted by molar-refractivity contribution is 5.92. The van der Waals surface area contributed by atoms with E-state index in [-0.39, 0.29) is 17.6 Å². The SMILES string of the molecule is O=C(N[C@H]1CCC[C@H]1C(=O)O)c1cc(C2CC2)on1. The maximum absolute atomic E-state index is 12.0. The number of carboxylic acids is 1. The maximum Gasteiger partial charge on any atom is 0.308 e. The van der Waals surface area contributed by atoms with E-state index in [1.807, 2.05) is 0 Å². The average molecular weight is 264 g/mol. The van der Waals surface area contributed by atoms with Gasteiger partial charge in [0.1, 0.15) is 5.76 Å². The Morgan fingerprint density at radius 1 is 1.32 bits per heavy atom. The third-order valence-corrected chi connectivity index (χ3v) is 3.89. The molecule has 0 aromatic carbocycles. The Balaban J connectivity index is 1.64. The second-order valence-electron chi connectivity index (χ2n) is 5.34. The lowest BCUT2D eigenvalue weighted by molar-refractivity contribution is -0.142. The topological polar surface area (TPSA) is 92.4 Å². The number of aliphatic carboxylic acids is 1. The molecule has 2 fully saturated rings. The first-order valence-corrected chi connectivity index (χ1v) is 6.65. The van der Waals surface area contributed by atoms with E-state index in [9.17, 15) is 9.59 Å². The van der Waals surface area contributed by atoms with Gasteiger partial charge in [-0.3, -0.25) is 9.59 Å². The number of nitrogens with one attached hydrogen (secondary N) is 1. The van der Waals surface area contributed by atoms with Gasteiger partial charge in [-0.1, -0.05) is 11.6 Å². The molecule has 0 unspecified atom stereocenters. The molecule has 0 radical (unpaired) electrons. The maximum atomic E-state index is 12.0. The monoisotopic (exact) mass is 264 g/mol. The van der Waals surface area contributed by atoms with E-state index in [4.69, 9.17) is 9.63 Å². The summed E-state index contributed by atoms with van der Waals surface area (Å²) in [6, 6.07) is 1.36. The zero-order valence-electron chi connectivity index (χ0n) is 10.5. The van der Waals surface area contributed by atoms with Crippen molar-refractivity contribution in [1.82, 2.24) is 10.5 Å². The number of nitrogens with zero attached hydrogens (tertiary/aromatic N) is 1. The first-order valence-electron chi connectivity index (χ1n) is 6.65. The lowest BCUT2D eigenvalue weighted by Crippen LogP contribution is -2.40. The van der Waals surface area contributed by atoms with Gasteiger partial charge in [-0.15, -0.1) is 0 Å². The number of carbonyl (C=O) groups excluding carboxylic acids is 1. The molecule has 2 aliphatic carbocycles. The van der Waals surface area contributed by atoms with Crippen LogP contribution >= 0.6 is 0 Å². The smallest absolute Gasteiger partial charge is 0.308 e. The van der Waals surface area contributed by atoms with E-state index in [1.54, 1.807) is 6.07 Å². The van der Waals surface area contributed by atoms with Crippen molar-refractivity contribution in [3.63, 3.8) is 0 Å². The predicted molar refractivity (Wildman–Crippen MR) is 64.7 cm³/mol. The number of aromatic nitrogens is 1. The van der Waals surface area contributed by atoms with Crippen LogP contribution in [-0.2, 0) is 4.79 Å². The van der Waals surface area contributed by atoms with Crippen molar-refractivity contribution < 1.29 is 19.2 Å². The van der Waals surface area contributed by atoms with Gasteiger partial charge in [0.05, 0.1) is 5.92 Å². The second-order valence-corrected chi connectivity index (χ2v) is 5.34. The van der Waals surface area contributed by atoms with E-state index in [1.165, 1.54) is 0 Å². The van der Waals surface area contributed by atoms with Crippen LogP contribution in [0.2, 0.25) is 0 Å². The van der Waals surface area contributed by atoms with Crippen LogP contribution in [0.1, 0.15) is 54.3 Å². The van der Waals surface area contributed by atoms with Gasteiger partial charge >= 0.3 is 5.97 Å². The molecule has 2 N–H and O–H groups in total. The number of rotatable bonds is 4. The lowest BCUT2D eigenvalue weighted by Gasteiger charge is -2.16. The summed E-state index contributed by atoms with van der Waals surface area (Å²) >= 11 is 0. The second kappa shape index (κ2) is 4.68. The molecule has 19 heavy (non-hydrogen) atoms. The van der Waals surface area contributed by atoms with Gasteiger partial charge in [0.15, 0.2) is 5.69 Å². The summed E-state index contributed by atoms with van der Waals surface area (Å²) in [5.41, 5.74) is 0.248. The third kappa shape index (κ3) is 2.47. The average Bonchev–Trinajstić information content (AvgIpc) is 2.92. The Kier molecular flexibility index (Phi) is 3.00. The lowest BCUT2D eigenvalue weighted by atomic mass is 10.0. The highest BCUT2D eigenvalue weighted by Crippen LogP contribution is 2.40. The van der Waals surface area contributed by atoms with E-state index in [0.717, 1.165) is 25.0 Å². The van der Waals surface area contributed by atoms with Crippen molar-refractivity contribution in [2.45, 2.75) is 44.1 Å². The number of hydrogen-bond acceptors (Lipinski definition) is 4. The molecular formula is C13H16N2O4. The zero-order chi connectivity index (χ0) is 13.4. The molecule has 0 aliphatic heterocycles. The third-order valence-electron chi connectivity index (χ3n) is 3.89. The molecular weight excluding hydrogens is 248 g/mol. The first-order chi connectivity index (χ1) is 9.15. The molecule has 0 spiro atoms. The minimum atomic E-state index is -0.846. The summed E-state index contributed by atoms with van der Waals surface area (Å²) in [4.78, 5) is 23.0. The molecule has 6 nitrogen and oxygen atoms in total. The van der Waals surface area contributed by atoms with Gasteiger partial charge in [0, 0.05) is 18.0 Å². The highest BCUT2D eigenvalue weighted by atomic mass is 16.5. The molecule has 1 aromatic rings. The Morgan fingerprint density at radius 3 is 2.79 bits per heavy atom.